The van der Waals surface area contributed by atoms with Crippen LogP contribution in [0.4, 0.5) is 46.7 Å². The van der Waals surface area contributed by atoms with E-state index in [-0.39, 0.29) is 5.69 Å². The maximum atomic E-state index is 13.2. The van der Waals surface area contributed by atoms with E-state index in [4.69, 9.17) is 11.6 Å². The van der Waals surface area contributed by atoms with Crippen molar-refractivity contribution in [1.82, 2.24) is 24.6 Å². The number of hydrogen-bond acceptors (Lipinski definition) is 7. The van der Waals surface area contributed by atoms with E-state index in [1.54, 1.807) is 28.9 Å². The molecular weight excluding hydrogens is 559 g/mol. The number of urea groups is 1. The van der Waals surface area contributed by atoms with Crippen LogP contribution in [-0.2, 0) is 6.18 Å². The number of alkyl halides is 3. The molecule has 0 fully saturated rings. The van der Waals surface area contributed by atoms with Crippen LogP contribution in [0.2, 0.25) is 5.02 Å². The van der Waals surface area contributed by atoms with Crippen LogP contribution in [0.5, 0.6) is 0 Å². The van der Waals surface area contributed by atoms with E-state index in [1.165, 1.54) is 12.4 Å². The van der Waals surface area contributed by atoms with Crippen LogP contribution in [0.25, 0.3) is 5.82 Å². The van der Waals surface area contributed by atoms with Crippen molar-refractivity contribution in [1.29, 1.82) is 0 Å². The van der Waals surface area contributed by atoms with Gasteiger partial charge in [0, 0.05) is 42.3 Å². The summed E-state index contributed by atoms with van der Waals surface area (Å²) in [6.45, 7) is 5.29. The minimum absolute atomic E-state index is 0.0514. The molecular formula is C27H29ClF3N9O. The van der Waals surface area contributed by atoms with Gasteiger partial charge in [0.15, 0.2) is 5.82 Å². The number of hydrogen-bond donors (Lipinski definition) is 4. The second-order valence-corrected chi connectivity index (χ2v) is 9.91. The maximum Gasteiger partial charge on any atom is 0.417 e. The van der Waals surface area contributed by atoms with Gasteiger partial charge in [0.2, 0.25) is 0 Å². The Kier molecular flexibility index (Phi) is 8.98. The minimum Gasteiger partial charge on any atom is -0.369 e. The Bertz CT molecular complexity index is 1540. The Morgan fingerprint density at radius 2 is 1.71 bits per heavy atom. The maximum absolute atomic E-state index is 13.2. The lowest BCUT2D eigenvalue weighted by Gasteiger charge is -2.15. The Morgan fingerprint density at radius 3 is 2.41 bits per heavy atom. The zero-order valence-electron chi connectivity index (χ0n) is 22.8. The highest BCUT2D eigenvalue weighted by Crippen LogP contribution is 2.36. The fourth-order valence-corrected chi connectivity index (χ4v) is 4.04. The summed E-state index contributed by atoms with van der Waals surface area (Å²) in [5.74, 6) is 1.84. The van der Waals surface area contributed by atoms with Crippen molar-refractivity contribution in [3.63, 3.8) is 0 Å². The highest BCUT2D eigenvalue weighted by atomic mass is 35.5. The molecule has 0 saturated carbocycles. The molecule has 10 nitrogen and oxygen atoms in total. The standard InChI is InChI=1S/C27H29ClF3N9O/c1-16-5-6-19(36-26(41)35-18-7-8-21(28)20(12-18)27(29,30)31)13-22(16)37-25-11-17(2)38-40(25)24-14-23(33-15-34-24)32-9-10-39(3)4/h5-8,11-15,37H,9-10H2,1-4H3,(H,32,33,34)(H2,35,36,41). The van der Waals surface area contributed by atoms with Crippen molar-refractivity contribution >= 4 is 46.3 Å². The number of carbonyl (C=O) groups is 1. The molecule has 2 aromatic carbocycles. The third-order valence-electron chi connectivity index (χ3n) is 5.85. The molecule has 14 heteroatoms. The van der Waals surface area contributed by atoms with Crippen LogP contribution in [0, 0.1) is 13.8 Å². The molecule has 2 aromatic heterocycles. The minimum atomic E-state index is -4.65. The molecule has 4 rings (SSSR count). The molecule has 0 radical (unpaired) electrons. The number of aryl methyl sites for hydroxylation is 2. The lowest BCUT2D eigenvalue weighted by molar-refractivity contribution is -0.137. The molecule has 0 atom stereocenters. The van der Waals surface area contributed by atoms with Gasteiger partial charge in [-0.25, -0.2) is 14.8 Å². The van der Waals surface area contributed by atoms with Gasteiger partial charge in [0.1, 0.15) is 18.0 Å². The Hall–Kier alpha value is -4.36. The largest absolute Gasteiger partial charge is 0.417 e. The van der Waals surface area contributed by atoms with Crippen molar-refractivity contribution < 1.29 is 18.0 Å². The van der Waals surface area contributed by atoms with Crippen molar-refractivity contribution in [3.05, 3.63) is 76.7 Å². The molecule has 0 aliphatic heterocycles. The summed E-state index contributed by atoms with van der Waals surface area (Å²) in [4.78, 5) is 23.3. The van der Waals surface area contributed by atoms with E-state index in [0.717, 1.165) is 29.9 Å². The fraction of sp³-hybridized carbons (Fsp3) is 0.259. The highest BCUT2D eigenvalue weighted by molar-refractivity contribution is 6.31. The number of rotatable bonds is 9. The Balaban J connectivity index is 1.50. The van der Waals surface area contributed by atoms with Gasteiger partial charge in [-0.3, -0.25) is 0 Å². The Labute approximate surface area is 239 Å². The lowest BCUT2D eigenvalue weighted by Crippen LogP contribution is -2.21. The lowest BCUT2D eigenvalue weighted by atomic mass is 10.1. The van der Waals surface area contributed by atoms with E-state index in [2.05, 4.69) is 41.2 Å². The summed E-state index contributed by atoms with van der Waals surface area (Å²) in [6, 6.07) is 11.3. The highest BCUT2D eigenvalue weighted by Gasteiger charge is 2.33. The van der Waals surface area contributed by atoms with Gasteiger partial charge in [0.05, 0.1) is 16.3 Å². The molecule has 2 amide bonds. The first-order valence-corrected chi connectivity index (χ1v) is 12.9. The second-order valence-electron chi connectivity index (χ2n) is 9.50. The average molecular weight is 588 g/mol. The fourth-order valence-electron chi connectivity index (χ4n) is 3.82. The first kappa shape index (κ1) is 29.6. The molecule has 0 aliphatic rings. The first-order chi connectivity index (χ1) is 19.4. The van der Waals surface area contributed by atoms with E-state index in [1.807, 2.05) is 34.0 Å². The monoisotopic (exact) mass is 587 g/mol. The second kappa shape index (κ2) is 12.4. The molecule has 2 heterocycles. The molecule has 0 aliphatic carbocycles. The number of anilines is 5. The molecule has 41 heavy (non-hydrogen) atoms. The van der Waals surface area contributed by atoms with Gasteiger partial charge in [-0.15, -0.1) is 0 Å². The molecule has 0 bridgehead atoms. The van der Waals surface area contributed by atoms with Gasteiger partial charge < -0.3 is 26.2 Å². The van der Waals surface area contributed by atoms with Gasteiger partial charge in [-0.05, 0) is 63.8 Å². The number of nitrogens with zero attached hydrogens (tertiary/aromatic N) is 5. The quantitative estimate of drug-likeness (QED) is 0.181. The van der Waals surface area contributed by atoms with Crippen LogP contribution >= 0.6 is 11.6 Å². The summed E-state index contributed by atoms with van der Waals surface area (Å²) in [7, 11) is 3.98. The van der Waals surface area contributed by atoms with Crippen LogP contribution in [-0.4, -0.2) is 57.9 Å². The molecule has 4 N–H and O–H groups in total. The number of benzene rings is 2. The van der Waals surface area contributed by atoms with Crippen molar-refractivity contribution in [2.24, 2.45) is 0 Å². The number of amides is 2. The van der Waals surface area contributed by atoms with E-state index >= 15 is 0 Å². The summed E-state index contributed by atoms with van der Waals surface area (Å²) < 4.78 is 41.2. The zero-order valence-corrected chi connectivity index (χ0v) is 23.5. The van der Waals surface area contributed by atoms with Crippen LogP contribution in [0.1, 0.15) is 16.8 Å². The average Bonchev–Trinajstić information content (AvgIpc) is 3.26. The summed E-state index contributed by atoms with van der Waals surface area (Å²) in [5.41, 5.74) is 1.63. The van der Waals surface area contributed by atoms with Gasteiger partial charge in [0.25, 0.3) is 0 Å². The van der Waals surface area contributed by atoms with Gasteiger partial charge >= 0.3 is 12.2 Å². The van der Waals surface area contributed by atoms with Crippen LogP contribution in [0.15, 0.2) is 54.9 Å². The van der Waals surface area contributed by atoms with Crippen molar-refractivity contribution in [2.75, 3.05) is 48.5 Å². The Morgan fingerprint density at radius 1 is 1.00 bits per heavy atom. The van der Waals surface area contributed by atoms with Gasteiger partial charge in [-0.2, -0.15) is 23.0 Å². The SMILES string of the molecule is Cc1cc(Nc2cc(NC(=O)Nc3ccc(Cl)c(C(F)(F)F)c3)ccc2C)n(-c2cc(NCCN(C)C)ncn2)n1. The molecule has 0 spiro atoms. The van der Waals surface area contributed by atoms with Crippen LogP contribution < -0.4 is 21.3 Å². The number of carbonyl (C=O) groups excluding carboxylic acids is 1. The predicted molar refractivity (Wildman–Crippen MR) is 154 cm³/mol. The third kappa shape index (κ3) is 7.86. The van der Waals surface area contributed by atoms with Gasteiger partial charge in [-0.1, -0.05) is 17.7 Å². The van der Waals surface area contributed by atoms with E-state index in [9.17, 15) is 18.0 Å². The first-order valence-electron chi connectivity index (χ1n) is 12.5. The summed E-state index contributed by atoms with van der Waals surface area (Å²) >= 11 is 5.66. The van der Waals surface area contributed by atoms with E-state index < -0.39 is 22.8 Å². The molecule has 0 saturated heterocycles. The van der Waals surface area contributed by atoms with Crippen LogP contribution in [0.3, 0.4) is 0 Å². The summed E-state index contributed by atoms with van der Waals surface area (Å²) in [5, 5.41) is 15.8. The number of likely N-dealkylation sites (N-methyl/N-ethyl adjacent to an activating group) is 1. The topological polar surface area (TPSA) is 112 Å². The predicted octanol–water partition coefficient (Wildman–Crippen LogP) is 6.31. The zero-order chi connectivity index (χ0) is 29.7. The number of nitrogens with one attached hydrogen (secondary N) is 4. The van der Waals surface area contributed by atoms with Crippen molar-refractivity contribution in [3.8, 4) is 5.82 Å². The number of halogens is 4. The van der Waals surface area contributed by atoms with Crippen molar-refractivity contribution in [2.45, 2.75) is 20.0 Å². The smallest absolute Gasteiger partial charge is 0.369 e. The third-order valence-corrected chi connectivity index (χ3v) is 6.18. The molecule has 0 unspecified atom stereocenters. The molecule has 4 aromatic rings. The van der Waals surface area contributed by atoms with E-state index in [0.29, 0.717) is 35.4 Å². The summed E-state index contributed by atoms with van der Waals surface area (Å²) in [6.07, 6.45) is -3.19. The molecule has 216 valence electrons. The normalized spacial score (nSPS) is 11.4. The number of aromatic nitrogens is 4.